The molecule has 0 heterocycles. The van der Waals surface area contributed by atoms with Crippen molar-refractivity contribution >= 4 is 40.8 Å². The summed E-state index contributed by atoms with van der Waals surface area (Å²) >= 11 is 12.0. The maximum atomic E-state index is 12.3. The van der Waals surface area contributed by atoms with E-state index in [4.69, 9.17) is 27.9 Å². The first-order valence-electron chi connectivity index (χ1n) is 6.63. The Morgan fingerprint density at radius 2 is 1.75 bits per heavy atom. The normalized spacial score (nSPS) is 10.2. The number of carbonyl (C=O) groups is 2. The van der Waals surface area contributed by atoms with Crippen LogP contribution in [0.1, 0.15) is 20.7 Å². The molecule has 0 aliphatic carbocycles. The highest BCUT2D eigenvalue weighted by molar-refractivity contribution is 6.37. The number of esters is 1. The van der Waals surface area contributed by atoms with E-state index in [9.17, 15) is 14.7 Å². The first-order valence-corrected chi connectivity index (χ1v) is 7.39. The van der Waals surface area contributed by atoms with Gasteiger partial charge < -0.3 is 19.9 Å². The Kier molecular flexibility index (Phi) is 5.54. The summed E-state index contributed by atoms with van der Waals surface area (Å²) in [4.78, 5) is 23.9. The van der Waals surface area contributed by atoms with Crippen molar-refractivity contribution in [2.24, 2.45) is 0 Å². The minimum absolute atomic E-state index is 0.0472. The number of para-hydroxylation sites is 1. The summed E-state index contributed by atoms with van der Waals surface area (Å²) in [5.74, 6) is -1.44. The van der Waals surface area contributed by atoms with Crippen LogP contribution in [0.2, 0.25) is 10.0 Å². The van der Waals surface area contributed by atoms with Crippen LogP contribution in [0.4, 0.5) is 5.69 Å². The third kappa shape index (κ3) is 3.55. The fourth-order valence-electron chi connectivity index (χ4n) is 2.00. The van der Waals surface area contributed by atoms with E-state index in [1.807, 2.05) is 0 Å². The molecule has 2 aromatic rings. The average Bonchev–Trinajstić information content (AvgIpc) is 2.55. The average molecular weight is 370 g/mol. The summed E-state index contributed by atoms with van der Waals surface area (Å²) < 4.78 is 9.57. The van der Waals surface area contributed by atoms with E-state index >= 15 is 0 Å². The van der Waals surface area contributed by atoms with Gasteiger partial charge in [0.25, 0.3) is 5.91 Å². The molecule has 8 heteroatoms. The number of methoxy groups -OCH3 is 2. The van der Waals surface area contributed by atoms with Gasteiger partial charge in [0.15, 0.2) is 11.5 Å². The first kappa shape index (κ1) is 17.9. The first-order chi connectivity index (χ1) is 11.4. The molecule has 126 valence electrons. The van der Waals surface area contributed by atoms with Crippen molar-refractivity contribution in [2.75, 3.05) is 19.5 Å². The quantitative estimate of drug-likeness (QED) is 0.633. The molecule has 2 aromatic carbocycles. The smallest absolute Gasteiger partial charge is 0.341 e. The van der Waals surface area contributed by atoms with Crippen LogP contribution in [-0.4, -0.2) is 31.2 Å². The second-order valence-electron chi connectivity index (χ2n) is 4.62. The van der Waals surface area contributed by atoms with Crippen molar-refractivity contribution in [1.82, 2.24) is 0 Å². The number of anilines is 1. The number of hydrogen-bond donors (Lipinski definition) is 2. The summed E-state index contributed by atoms with van der Waals surface area (Å²) in [5.41, 5.74) is 0.140. The Bertz CT molecular complexity index is 784. The lowest BCUT2D eigenvalue weighted by Gasteiger charge is -2.11. The fraction of sp³-hybridized carbons (Fsp3) is 0.125. The van der Waals surface area contributed by atoms with Gasteiger partial charge in [-0.05, 0) is 24.3 Å². The number of rotatable bonds is 4. The Morgan fingerprint density at radius 1 is 1.12 bits per heavy atom. The van der Waals surface area contributed by atoms with Gasteiger partial charge in [-0.2, -0.15) is 0 Å². The van der Waals surface area contributed by atoms with Gasteiger partial charge >= 0.3 is 5.97 Å². The third-order valence-corrected chi connectivity index (χ3v) is 3.72. The van der Waals surface area contributed by atoms with Crippen molar-refractivity contribution in [3.8, 4) is 11.5 Å². The van der Waals surface area contributed by atoms with Crippen molar-refractivity contribution < 1.29 is 24.2 Å². The second-order valence-corrected chi connectivity index (χ2v) is 5.43. The standard InChI is InChI=1S/C16H13Cl2NO5/c1-23-14-10(17)6-8(7-11(14)18)15(21)19-12-5-3-4-9(13(12)20)16(22)24-2/h3-7,20H,1-2H3,(H,19,21). The number of aromatic hydroxyl groups is 1. The van der Waals surface area contributed by atoms with Gasteiger partial charge in [0.1, 0.15) is 5.56 Å². The zero-order valence-electron chi connectivity index (χ0n) is 12.7. The van der Waals surface area contributed by atoms with Crippen LogP contribution in [0.15, 0.2) is 30.3 Å². The monoisotopic (exact) mass is 369 g/mol. The molecule has 2 N–H and O–H groups in total. The number of hydrogen-bond acceptors (Lipinski definition) is 5. The topological polar surface area (TPSA) is 84.9 Å². The molecular weight excluding hydrogens is 357 g/mol. The summed E-state index contributed by atoms with van der Waals surface area (Å²) in [6, 6.07) is 7.06. The summed E-state index contributed by atoms with van der Waals surface area (Å²) in [7, 11) is 2.59. The van der Waals surface area contributed by atoms with Crippen molar-refractivity contribution in [3.05, 3.63) is 51.5 Å². The molecule has 0 unspecified atom stereocenters. The van der Waals surface area contributed by atoms with E-state index < -0.39 is 17.6 Å². The molecule has 6 nitrogen and oxygen atoms in total. The molecule has 1 amide bonds. The summed E-state index contributed by atoms with van der Waals surface area (Å²) in [6.07, 6.45) is 0. The van der Waals surface area contributed by atoms with Gasteiger partial charge in [0.05, 0.1) is 30.0 Å². The summed E-state index contributed by atoms with van der Waals surface area (Å²) in [6.45, 7) is 0. The number of ether oxygens (including phenoxy) is 2. The zero-order valence-corrected chi connectivity index (χ0v) is 14.2. The maximum Gasteiger partial charge on any atom is 0.341 e. The van der Waals surface area contributed by atoms with Crippen LogP contribution < -0.4 is 10.1 Å². The molecule has 0 spiro atoms. The van der Waals surface area contributed by atoms with E-state index in [0.29, 0.717) is 0 Å². The van der Waals surface area contributed by atoms with Gasteiger partial charge in [-0.3, -0.25) is 4.79 Å². The Balaban J connectivity index is 2.32. The minimum Gasteiger partial charge on any atom is -0.505 e. The van der Waals surface area contributed by atoms with Gasteiger partial charge in [0.2, 0.25) is 0 Å². The Morgan fingerprint density at radius 3 is 2.29 bits per heavy atom. The van der Waals surface area contributed by atoms with Gasteiger partial charge in [-0.15, -0.1) is 0 Å². The van der Waals surface area contributed by atoms with Crippen LogP contribution in [0.5, 0.6) is 11.5 Å². The van der Waals surface area contributed by atoms with Gasteiger partial charge in [-0.25, -0.2) is 4.79 Å². The minimum atomic E-state index is -0.723. The molecule has 0 saturated heterocycles. The lowest BCUT2D eigenvalue weighted by Crippen LogP contribution is -2.13. The number of halogens is 2. The van der Waals surface area contributed by atoms with Crippen LogP contribution in [0.25, 0.3) is 0 Å². The highest BCUT2D eigenvalue weighted by Gasteiger charge is 2.18. The summed E-state index contributed by atoms with van der Waals surface area (Å²) in [5, 5.41) is 12.9. The molecule has 2 rings (SSSR count). The molecule has 0 aromatic heterocycles. The fourth-order valence-corrected chi connectivity index (χ4v) is 2.64. The van der Waals surface area contributed by atoms with Crippen LogP contribution in [0, 0.1) is 0 Å². The molecule has 0 aliphatic heterocycles. The van der Waals surface area contributed by atoms with E-state index in [0.717, 1.165) is 0 Å². The van der Waals surface area contributed by atoms with Crippen LogP contribution >= 0.6 is 23.2 Å². The van der Waals surface area contributed by atoms with E-state index in [1.54, 1.807) is 0 Å². The maximum absolute atomic E-state index is 12.3. The molecular formula is C16H13Cl2NO5. The van der Waals surface area contributed by atoms with Crippen molar-refractivity contribution in [2.45, 2.75) is 0 Å². The third-order valence-electron chi connectivity index (χ3n) is 3.15. The lowest BCUT2D eigenvalue weighted by molar-refractivity contribution is 0.0597. The molecule has 0 saturated carbocycles. The van der Waals surface area contributed by atoms with Crippen LogP contribution in [-0.2, 0) is 4.74 Å². The Hall–Kier alpha value is -2.44. The number of benzene rings is 2. The highest BCUT2D eigenvalue weighted by atomic mass is 35.5. The van der Waals surface area contributed by atoms with Gasteiger partial charge in [0, 0.05) is 5.56 Å². The largest absolute Gasteiger partial charge is 0.505 e. The highest BCUT2D eigenvalue weighted by Crippen LogP contribution is 2.34. The molecule has 0 bridgehead atoms. The Labute approximate surface area is 147 Å². The zero-order chi connectivity index (χ0) is 17.9. The second kappa shape index (κ2) is 7.42. The molecule has 0 radical (unpaired) electrons. The molecule has 24 heavy (non-hydrogen) atoms. The molecule has 0 fully saturated rings. The number of carbonyl (C=O) groups excluding carboxylic acids is 2. The van der Waals surface area contributed by atoms with Crippen LogP contribution in [0.3, 0.4) is 0 Å². The number of phenols is 1. The van der Waals surface area contributed by atoms with E-state index in [1.165, 1.54) is 44.6 Å². The van der Waals surface area contributed by atoms with Crippen molar-refractivity contribution in [1.29, 1.82) is 0 Å². The van der Waals surface area contributed by atoms with Crippen molar-refractivity contribution in [3.63, 3.8) is 0 Å². The number of phenolic OH excluding ortho intramolecular Hbond substituents is 1. The van der Waals surface area contributed by atoms with E-state index in [2.05, 4.69) is 10.1 Å². The predicted octanol–water partition coefficient (Wildman–Crippen LogP) is 3.75. The predicted molar refractivity (Wildman–Crippen MR) is 90.4 cm³/mol. The molecule has 0 aliphatic rings. The number of amides is 1. The number of nitrogens with one attached hydrogen (secondary N) is 1. The molecule has 0 atom stereocenters. The lowest BCUT2D eigenvalue weighted by atomic mass is 10.1. The SMILES string of the molecule is COC(=O)c1cccc(NC(=O)c2cc(Cl)c(OC)c(Cl)c2)c1O. The van der Waals surface area contributed by atoms with E-state index in [-0.39, 0.29) is 32.6 Å². The van der Waals surface area contributed by atoms with Gasteiger partial charge in [-0.1, -0.05) is 29.3 Å².